The average Bonchev–Trinajstić information content (AvgIpc) is 3.34. The molecule has 1 amide bonds. The van der Waals surface area contributed by atoms with Crippen LogP contribution in [0.1, 0.15) is 73.6 Å². The highest BCUT2D eigenvalue weighted by atomic mass is 16.1. The standard InChI is InChI=1S/C29H34N6O/c1-4-20(3)26-33-27(25-18-30-35(28(25)34-26)24-8-6-5-7-9-24)31-22-14-16-23(17-15-22)32-29(36)21-12-10-19(2)11-13-21/h5-13,18,20,22-23H,4,14-17H2,1-3H3,(H,32,36)(H,31,33,34). The first-order valence-corrected chi connectivity index (χ1v) is 13.0. The number of benzene rings is 2. The minimum absolute atomic E-state index is 0.00967. The number of nitrogens with one attached hydrogen (secondary N) is 2. The van der Waals surface area contributed by atoms with Crippen molar-refractivity contribution < 1.29 is 4.79 Å². The average molecular weight is 483 g/mol. The first-order valence-electron chi connectivity index (χ1n) is 13.0. The number of rotatable bonds is 7. The molecule has 0 bridgehead atoms. The molecule has 7 heteroatoms. The molecule has 2 heterocycles. The van der Waals surface area contributed by atoms with Crippen LogP contribution in [0.15, 0.2) is 60.8 Å². The Labute approximate surface area is 212 Å². The number of hydrogen-bond acceptors (Lipinski definition) is 5. The fraction of sp³-hybridized carbons (Fsp3) is 0.379. The fourth-order valence-electron chi connectivity index (χ4n) is 4.75. The van der Waals surface area contributed by atoms with Crippen LogP contribution in [0.3, 0.4) is 0 Å². The van der Waals surface area contributed by atoms with E-state index in [2.05, 4.69) is 29.6 Å². The van der Waals surface area contributed by atoms with Crippen molar-refractivity contribution in [3.05, 3.63) is 77.7 Å². The predicted molar refractivity (Wildman–Crippen MR) is 144 cm³/mol. The molecule has 7 nitrogen and oxygen atoms in total. The minimum atomic E-state index is 0.00967. The second kappa shape index (κ2) is 10.5. The first kappa shape index (κ1) is 24.0. The quantitative estimate of drug-likeness (QED) is 0.348. The van der Waals surface area contributed by atoms with Crippen LogP contribution in [0.4, 0.5) is 5.82 Å². The van der Waals surface area contributed by atoms with E-state index in [1.165, 1.54) is 0 Å². The molecule has 5 rings (SSSR count). The van der Waals surface area contributed by atoms with Crippen LogP contribution in [0.2, 0.25) is 0 Å². The van der Waals surface area contributed by atoms with Crippen LogP contribution in [-0.2, 0) is 0 Å². The molecule has 1 fully saturated rings. The number of amides is 1. The summed E-state index contributed by atoms with van der Waals surface area (Å²) in [5.41, 5.74) is 3.69. The summed E-state index contributed by atoms with van der Waals surface area (Å²) in [6, 6.07) is 18.3. The lowest BCUT2D eigenvalue weighted by Crippen LogP contribution is -2.40. The number of fused-ring (bicyclic) bond motifs is 1. The Kier molecular flexibility index (Phi) is 6.98. The predicted octanol–water partition coefficient (Wildman–Crippen LogP) is 5.79. The Balaban J connectivity index is 1.31. The molecular formula is C29H34N6O. The number of carbonyl (C=O) groups is 1. The third-order valence-corrected chi connectivity index (χ3v) is 7.22. The van der Waals surface area contributed by atoms with Gasteiger partial charge >= 0.3 is 0 Å². The van der Waals surface area contributed by atoms with E-state index in [9.17, 15) is 4.79 Å². The van der Waals surface area contributed by atoms with Crippen LogP contribution in [-0.4, -0.2) is 37.7 Å². The number of carbonyl (C=O) groups excluding carboxylic acids is 1. The van der Waals surface area contributed by atoms with Crippen molar-refractivity contribution in [3.63, 3.8) is 0 Å². The van der Waals surface area contributed by atoms with Crippen molar-refractivity contribution in [2.75, 3.05) is 5.32 Å². The van der Waals surface area contributed by atoms with Gasteiger partial charge in [-0.25, -0.2) is 14.6 Å². The van der Waals surface area contributed by atoms with E-state index < -0.39 is 0 Å². The van der Waals surface area contributed by atoms with Crippen molar-refractivity contribution in [2.24, 2.45) is 0 Å². The molecule has 0 saturated heterocycles. The molecule has 1 unspecified atom stereocenters. The molecule has 0 radical (unpaired) electrons. The molecule has 0 aliphatic heterocycles. The van der Waals surface area contributed by atoms with Crippen molar-refractivity contribution >= 4 is 22.8 Å². The lowest BCUT2D eigenvalue weighted by molar-refractivity contribution is 0.0926. The lowest BCUT2D eigenvalue weighted by atomic mass is 9.91. The van der Waals surface area contributed by atoms with Gasteiger partial charge in [0.1, 0.15) is 11.6 Å². The Bertz CT molecular complexity index is 1320. The van der Waals surface area contributed by atoms with Gasteiger partial charge in [0.25, 0.3) is 5.91 Å². The Morgan fingerprint density at radius 2 is 1.69 bits per heavy atom. The third kappa shape index (κ3) is 5.10. The molecule has 1 aliphatic rings. The maximum absolute atomic E-state index is 12.6. The van der Waals surface area contributed by atoms with Gasteiger partial charge in [0.05, 0.1) is 17.3 Å². The maximum Gasteiger partial charge on any atom is 0.251 e. The van der Waals surface area contributed by atoms with Gasteiger partial charge in [0.2, 0.25) is 0 Å². The number of nitrogens with zero attached hydrogens (tertiary/aromatic N) is 4. The van der Waals surface area contributed by atoms with Crippen molar-refractivity contribution in [1.29, 1.82) is 0 Å². The Hall–Kier alpha value is -3.74. The van der Waals surface area contributed by atoms with Crippen LogP contribution in [0.5, 0.6) is 0 Å². The number of aryl methyl sites for hydroxylation is 1. The van der Waals surface area contributed by atoms with E-state index in [1.54, 1.807) is 0 Å². The van der Waals surface area contributed by atoms with E-state index in [-0.39, 0.29) is 17.9 Å². The van der Waals surface area contributed by atoms with Crippen molar-refractivity contribution in [3.8, 4) is 5.69 Å². The van der Waals surface area contributed by atoms with Gasteiger partial charge in [0.15, 0.2) is 5.65 Å². The zero-order valence-electron chi connectivity index (χ0n) is 21.2. The summed E-state index contributed by atoms with van der Waals surface area (Å²) in [6.45, 7) is 6.35. The SMILES string of the molecule is CCC(C)c1nc(NC2CCC(NC(=O)c3ccc(C)cc3)CC2)c2cnn(-c3ccccc3)c2n1. The van der Waals surface area contributed by atoms with Gasteiger partial charge in [-0.05, 0) is 63.3 Å². The van der Waals surface area contributed by atoms with Crippen LogP contribution in [0.25, 0.3) is 16.7 Å². The molecule has 1 saturated carbocycles. The highest BCUT2D eigenvalue weighted by Crippen LogP contribution is 2.29. The summed E-state index contributed by atoms with van der Waals surface area (Å²) in [5.74, 6) is 1.95. The van der Waals surface area contributed by atoms with Gasteiger partial charge in [-0.15, -0.1) is 0 Å². The zero-order chi connectivity index (χ0) is 25.1. The lowest BCUT2D eigenvalue weighted by Gasteiger charge is -2.30. The molecular weight excluding hydrogens is 448 g/mol. The summed E-state index contributed by atoms with van der Waals surface area (Å²) < 4.78 is 1.89. The van der Waals surface area contributed by atoms with Crippen LogP contribution in [0, 0.1) is 6.92 Å². The third-order valence-electron chi connectivity index (χ3n) is 7.22. The molecule has 1 aliphatic carbocycles. The molecule has 4 aromatic rings. The van der Waals surface area contributed by atoms with Crippen molar-refractivity contribution in [1.82, 2.24) is 25.1 Å². The van der Waals surface area contributed by atoms with E-state index >= 15 is 0 Å². The second-order valence-electron chi connectivity index (χ2n) is 9.90. The molecule has 0 spiro atoms. The molecule has 2 N–H and O–H groups in total. The zero-order valence-corrected chi connectivity index (χ0v) is 21.2. The Morgan fingerprint density at radius 1 is 1.00 bits per heavy atom. The Morgan fingerprint density at radius 3 is 2.39 bits per heavy atom. The van der Waals surface area contributed by atoms with Gasteiger partial charge in [-0.3, -0.25) is 4.79 Å². The summed E-state index contributed by atoms with van der Waals surface area (Å²) in [4.78, 5) is 22.5. The van der Waals surface area contributed by atoms with E-state index in [0.717, 1.165) is 71.6 Å². The number of aromatic nitrogens is 4. The second-order valence-corrected chi connectivity index (χ2v) is 9.90. The molecule has 2 aromatic heterocycles. The van der Waals surface area contributed by atoms with Crippen LogP contribution >= 0.6 is 0 Å². The number of anilines is 1. The summed E-state index contributed by atoms with van der Waals surface area (Å²) in [6.07, 6.45) is 6.64. The van der Waals surface area contributed by atoms with E-state index in [4.69, 9.17) is 9.97 Å². The summed E-state index contributed by atoms with van der Waals surface area (Å²) in [7, 11) is 0. The van der Waals surface area contributed by atoms with E-state index in [1.807, 2.05) is 72.4 Å². The highest BCUT2D eigenvalue weighted by molar-refractivity contribution is 5.94. The number of para-hydroxylation sites is 1. The fourth-order valence-corrected chi connectivity index (χ4v) is 4.75. The first-order chi connectivity index (χ1) is 17.5. The van der Waals surface area contributed by atoms with Gasteiger partial charge in [0, 0.05) is 23.6 Å². The molecule has 1 atom stereocenters. The topological polar surface area (TPSA) is 84.7 Å². The summed E-state index contributed by atoms with van der Waals surface area (Å²) in [5, 5.41) is 12.5. The number of hydrogen-bond donors (Lipinski definition) is 2. The van der Waals surface area contributed by atoms with Gasteiger partial charge in [-0.1, -0.05) is 49.7 Å². The largest absolute Gasteiger partial charge is 0.367 e. The maximum atomic E-state index is 12.6. The van der Waals surface area contributed by atoms with E-state index in [0.29, 0.717) is 6.04 Å². The minimum Gasteiger partial charge on any atom is -0.367 e. The highest BCUT2D eigenvalue weighted by Gasteiger charge is 2.25. The molecule has 36 heavy (non-hydrogen) atoms. The monoisotopic (exact) mass is 482 g/mol. The normalized spacial score (nSPS) is 18.6. The van der Waals surface area contributed by atoms with Crippen LogP contribution < -0.4 is 10.6 Å². The molecule has 2 aromatic carbocycles. The van der Waals surface area contributed by atoms with Gasteiger partial charge < -0.3 is 10.6 Å². The van der Waals surface area contributed by atoms with Gasteiger partial charge in [-0.2, -0.15) is 5.10 Å². The van der Waals surface area contributed by atoms with Crippen molar-refractivity contribution in [2.45, 2.75) is 70.9 Å². The molecule has 186 valence electrons. The summed E-state index contributed by atoms with van der Waals surface area (Å²) >= 11 is 0. The smallest absolute Gasteiger partial charge is 0.251 e.